The molecule has 0 spiro atoms. The molecule has 0 radical (unpaired) electrons. The minimum atomic E-state index is -0.680. The summed E-state index contributed by atoms with van der Waals surface area (Å²) in [5.41, 5.74) is 7.39. The Hall–Kier alpha value is -2.12. The first kappa shape index (κ1) is 20.6. The molecule has 1 aromatic carbocycles. The number of anilines is 1. The van der Waals surface area contributed by atoms with Gasteiger partial charge in [-0.1, -0.05) is 37.5 Å². The summed E-state index contributed by atoms with van der Waals surface area (Å²) in [6.07, 6.45) is 4.52. The third-order valence-electron chi connectivity index (χ3n) is 5.56. The lowest BCUT2D eigenvalue weighted by Gasteiger charge is -2.36. The van der Waals surface area contributed by atoms with Gasteiger partial charge in [0.15, 0.2) is 6.29 Å². The summed E-state index contributed by atoms with van der Waals surface area (Å²) in [6.45, 7) is 5.06. The Morgan fingerprint density at radius 3 is 2.43 bits per heavy atom. The molecule has 154 valence electrons. The summed E-state index contributed by atoms with van der Waals surface area (Å²) in [5, 5.41) is 0. The van der Waals surface area contributed by atoms with E-state index in [-0.39, 0.29) is 18.5 Å². The fraction of sp³-hybridized carbons (Fsp3) is 0.619. The first-order chi connectivity index (χ1) is 13.6. The summed E-state index contributed by atoms with van der Waals surface area (Å²) in [5.74, 6) is -0.144. The van der Waals surface area contributed by atoms with Crippen LogP contribution in [0.5, 0.6) is 0 Å². The smallest absolute Gasteiger partial charge is 0.315 e. The van der Waals surface area contributed by atoms with Crippen LogP contribution >= 0.6 is 0 Å². The van der Waals surface area contributed by atoms with Crippen LogP contribution in [0.15, 0.2) is 24.3 Å². The Kier molecular flexibility index (Phi) is 6.91. The van der Waals surface area contributed by atoms with Gasteiger partial charge in [-0.15, -0.1) is 0 Å². The van der Waals surface area contributed by atoms with Crippen LogP contribution in [0.3, 0.4) is 0 Å². The van der Waals surface area contributed by atoms with Gasteiger partial charge in [0.2, 0.25) is 0 Å². The average Bonchev–Trinajstić information content (AvgIpc) is 2.96. The third-order valence-corrected chi connectivity index (χ3v) is 5.56. The molecule has 2 N–H and O–H groups in total. The average molecular weight is 389 g/mol. The van der Waals surface area contributed by atoms with Crippen molar-refractivity contribution >= 4 is 17.6 Å². The third kappa shape index (κ3) is 4.15. The van der Waals surface area contributed by atoms with E-state index in [9.17, 15) is 9.59 Å². The molecule has 0 aromatic heterocycles. The van der Waals surface area contributed by atoms with Crippen molar-refractivity contribution in [3.8, 4) is 0 Å². The number of primary amides is 1. The zero-order valence-electron chi connectivity index (χ0n) is 16.8. The van der Waals surface area contributed by atoms with Crippen molar-refractivity contribution in [2.45, 2.75) is 64.3 Å². The highest BCUT2D eigenvalue weighted by molar-refractivity contribution is 6.06. The Balaban J connectivity index is 1.92. The molecule has 7 heteroatoms. The van der Waals surface area contributed by atoms with E-state index in [0.717, 1.165) is 43.4 Å². The predicted molar refractivity (Wildman–Crippen MR) is 107 cm³/mol. The highest BCUT2D eigenvalue weighted by Gasteiger charge is 2.45. The molecule has 2 aliphatic rings. The predicted octanol–water partition coefficient (Wildman–Crippen LogP) is 3.19. The lowest BCUT2D eigenvalue weighted by Crippen LogP contribution is -2.50. The first-order valence-corrected chi connectivity index (χ1v) is 10.3. The molecule has 28 heavy (non-hydrogen) atoms. The second kappa shape index (κ2) is 9.39. The van der Waals surface area contributed by atoms with Gasteiger partial charge in [-0.3, -0.25) is 4.79 Å². The molecule has 1 aliphatic carbocycles. The van der Waals surface area contributed by atoms with Gasteiger partial charge < -0.3 is 25.0 Å². The van der Waals surface area contributed by atoms with Crippen LogP contribution in [-0.4, -0.2) is 48.9 Å². The molecule has 0 bridgehead atoms. The number of carbonyl (C=O) groups excluding carboxylic acids is 2. The molecule has 1 atom stereocenters. The molecule has 1 aromatic rings. The van der Waals surface area contributed by atoms with Gasteiger partial charge in [-0.2, -0.15) is 0 Å². The zero-order chi connectivity index (χ0) is 20.1. The van der Waals surface area contributed by atoms with E-state index in [1.807, 2.05) is 38.1 Å². The quantitative estimate of drug-likeness (QED) is 0.692. The van der Waals surface area contributed by atoms with Crippen molar-refractivity contribution in [3.63, 3.8) is 0 Å². The number of carbonyl (C=O) groups is 2. The van der Waals surface area contributed by atoms with Gasteiger partial charge in [0.25, 0.3) is 5.91 Å². The van der Waals surface area contributed by atoms with E-state index in [0.29, 0.717) is 13.2 Å². The van der Waals surface area contributed by atoms with E-state index < -0.39 is 18.4 Å². The fourth-order valence-corrected chi connectivity index (χ4v) is 4.37. The van der Waals surface area contributed by atoms with Crippen molar-refractivity contribution in [3.05, 3.63) is 29.8 Å². The molecule has 1 fully saturated rings. The second-order valence-corrected chi connectivity index (χ2v) is 7.29. The maximum Gasteiger partial charge on any atom is 0.315 e. The lowest BCUT2D eigenvalue weighted by atomic mass is 9.92. The van der Waals surface area contributed by atoms with Crippen molar-refractivity contribution in [1.29, 1.82) is 0 Å². The molecule has 0 saturated heterocycles. The Labute approximate surface area is 166 Å². The van der Waals surface area contributed by atoms with E-state index in [1.54, 1.807) is 9.80 Å². The molecule has 1 aliphatic heterocycles. The van der Waals surface area contributed by atoms with Crippen molar-refractivity contribution in [2.24, 2.45) is 5.73 Å². The minimum absolute atomic E-state index is 0.00258. The number of ether oxygens (including phenoxy) is 2. The first-order valence-electron chi connectivity index (χ1n) is 10.3. The van der Waals surface area contributed by atoms with Gasteiger partial charge in [0, 0.05) is 30.5 Å². The summed E-state index contributed by atoms with van der Waals surface area (Å²) < 4.78 is 11.3. The second-order valence-electron chi connectivity index (χ2n) is 7.29. The van der Waals surface area contributed by atoms with Crippen LogP contribution in [0.2, 0.25) is 0 Å². The van der Waals surface area contributed by atoms with Crippen molar-refractivity contribution in [1.82, 2.24) is 4.90 Å². The number of amides is 3. The molecular weight excluding hydrogens is 358 g/mol. The minimum Gasteiger partial charge on any atom is -0.351 e. The van der Waals surface area contributed by atoms with Crippen LogP contribution in [0.25, 0.3) is 0 Å². The fourth-order valence-electron chi connectivity index (χ4n) is 4.37. The number of hydrogen-bond donors (Lipinski definition) is 1. The molecule has 3 amide bonds. The van der Waals surface area contributed by atoms with Crippen LogP contribution in [0.1, 0.15) is 57.6 Å². The van der Waals surface area contributed by atoms with Gasteiger partial charge in [-0.25, -0.2) is 4.79 Å². The highest BCUT2D eigenvalue weighted by Crippen LogP contribution is 2.41. The maximum absolute atomic E-state index is 13.5. The molecule has 3 rings (SSSR count). The molecular formula is C21H31N3O4. The molecule has 7 nitrogen and oxygen atoms in total. The summed E-state index contributed by atoms with van der Waals surface area (Å²) in [7, 11) is 0. The van der Waals surface area contributed by atoms with Gasteiger partial charge >= 0.3 is 6.03 Å². The van der Waals surface area contributed by atoms with Crippen LogP contribution in [0, 0.1) is 0 Å². The lowest BCUT2D eigenvalue weighted by molar-refractivity contribution is -0.137. The Morgan fingerprint density at radius 1 is 1.18 bits per heavy atom. The van der Waals surface area contributed by atoms with Gasteiger partial charge in [-0.05, 0) is 32.8 Å². The van der Waals surface area contributed by atoms with Gasteiger partial charge in [0.05, 0.1) is 6.54 Å². The summed E-state index contributed by atoms with van der Waals surface area (Å²) in [4.78, 5) is 29.1. The van der Waals surface area contributed by atoms with Crippen LogP contribution in [-0.2, 0) is 14.3 Å². The zero-order valence-corrected chi connectivity index (χ0v) is 16.8. The molecule has 1 heterocycles. The molecule has 1 unspecified atom stereocenters. The number of fused-ring (bicyclic) bond motifs is 1. The Bertz CT molecular complexity index is 684. The van der Waals surface area contributed by atoms with E-state index in [1.165, 1.54) is 0 Å². The van der Waals surface area contributed by atoms with Crippen molar-refractivity contribution in [2.75, 3.05) is 24.7 Å². The molecule has 1 saturated carbocycles. The number of hydrogen-bond acceptors (Lipinski definition) is 4. The number of benzene rings is 1. The normalized spacial score (nSPS) is 19.9. The largest absolute Gasteiger partial charge is 0.351 e. The SMILES string of the molecule is CCOC(CN1C(=O)C(N(C(N)=O)C2CCCCC2)c2ccccc21)OCC. The highest BCUT2D eigenvalue weighted by atomic mass is 16.7. The summed E-state index contributed by atoms with van der Waals surface area (Å²) in [6, 6.07) is 6.39. The van der Waals surface area contributed by atoms with Gasteiger partial charge in [0.1, 0.15) is 6.04 Å². The summed E-state index contributed by atoms with van der Waals surface area (Å²) >= 11 is 0. The topological polar surface area (TPSA) is 85.1 Å². The van der Waals surface area contributed by atoms with Crippen LogP contribution < -0.4 is 10.6 Å². The number of urea groups is 1. The van der Waals surface area contributed by atoms with E-state index in [2.05, 4.69) is 0 Å². The number of nitrogens with two attached hydrogens (primary N) is 1. The monoisotopic (exact) mass is 389 g/mol. The van der Waals surface area contributed by atoms with Crippen molar-refractivity contribution < 1.29 is 19.1 Å². The van der Waals surface area contributed by atoms with E-state index >= 15 is 0 Å². The standard InChI is InChI=1S/C21H31N3O4/c1-3-27-18(28-4-2)14-23-17-13-9-8-12-16(17)19(20(23)25)24(21(22)26)15-10-6-5-7-11-15/h8-9,12-13,15,18-19H,3-7,10-11,14H2,1-2H3,(H2,22,26). The maximum atomic E-state index is 13.5. The van der Waals surface area contributed by atoms with Crippen LogP contribution in [0.4, 0.5) is 10.5 Å². The Morgan fingerprint density at radius 2 is 1.82 bits per heavy atom. The number of rotatable bonds is 8. The van der Waals surface area contributed by atoms with E-state index in [4.69, 9.17) is 15.2 Å². The number of nitrogens with zero attached hydrogens (tertiary/aromatic N) is 2. The number of para-hydroxylation sites is 1.